The van der Waals surface area contributed by atoms with Crippen LogP contribution in [0.4, 0.5) is 11.5 Å². The molecule has 4 rings (SSSR count). The molecule has 2 atom stereocenters. The lowest BCUT2D eigenvalue weighted by molar-refractivity contribution is 0.0719. The highest BCUT2D eigenvalue weighted by atomic mass is 35.5. The van der Waals surface area contributed by atoms with Gasteiger partial charge in [-0.25, -0.2) is 9.97 Å². The topological polar surface area (TPSA) is 72.3 Å². The maximum atomic E-state index is 13.4. The van der Waals surface area contributed by atoms with Crippen LogP contribution in [0.5, 0.6) is 0 Å². The van der Waals surface area contributed by atoms with Crippen LogP contribution >= 0.6 is 23.2 Å². The van der Waals surface area contributed by atoms with Crippen molar-refractivity contribution >= 4 is 34.7 Å². The van der Waals surface area contributed by atoms with Gasteiger partial charge in [-0.3, -0.25) is 9.36 Å². The van der Waals surface area contributed by atoms with Crippen molar-refractivity contribution in [3.8, 4) is 11.4 Å². The second kappa shape index (κ2) is 10.1. The highest BCUT2D eigenvalue weighted by molar-refractivity contribution is 6.36. The first-order valence-electron chi connectivity index (χ1n) is 11.0. The molecule has 1 aromatic carbocycles. The van der Waals surface area contributed by atoms with Crippen molar-refractivity contribution < 1.29 is 4.74 Å². The monoisotopic (exact) mass is 487 g/mol. The fraction of sp³-hybridized carbons (Fsp3) is 0.375. The van der Waals surface area contributed by atoms with E-state index in [1.165, 1.54) is 4.57 Å². The number of hydrogen-bond donors (Lipinski definition) is 1. The van der Waals surface area contributed by atoms with Crippen LogP contribution in [0.1, 0.15) is 19.5 Å². The van der Waals surface area contributed by atoms with Crippen molar-refractivity contribution in [2.24, 2.45) is 7.05 Å². The molecule has 9 heteroatoms. The van der Waals surface area contributed by atoms with E-state index in [1.807, 2.05) is 32.0 Å². The Bertz CT molecular complexity index is 1190. The fourth-order valence-electron chi connectivity index (χ4n) is 4.17. The summed E-state index contributed by atoms with van der Waals surface area (Å²) in [6, 6.07) is 10.9. The van der Waals surface area contributed by atoms with Crippen molar-refractivity contribution in [1.82, 2.24) is 14.5 Å². The number of ether oxygens (including phenoxy) is 1. The zero-order chi connectivity index (χ0) is 23.5. The molecule has 0 bridgehead atoms. The molecular weight excluding hydrogens is 461 g/mol. The Morgan fingerprint density at radius 2 is 2.00 bits per heavy atom. The molecule has 3 aromatic rings. The minimum absolute atomic E-state index is 0.0863. The third-order valence-corrected chi connectivity index (χ3v) is 6.37. The summed E-state index contributed by atoms with van der Waals surface area (Å²) in [7, 11) is 1.70. The van der Waals surface area contributed by atoms with E-state index in [9.17, 15) is 4.79 Å². The molecule has 3 heterocycles. The van der Waals surface area contributed by atoms with E-state index >= 15 is 0 Å². The number of benzene rings is 1. The van der Waals surface area contributed by atoms with Gasteiger partial charge in [0.1, 0.15) is 17.3 Å². The highest BCUT2D eigenvalue weighted by Gasteiger charge is 2.35. The SMILES string of the molecule is CCO[C@H]1CN(c2ccccn2)C[C@H]1Nc1c(CC)nc(-c2ccc(Cl)cc2Cl)n(C)c1=O. The Morgan fingerprint density at radius 3 is 2.67 bits per heavy atom. The summed E-state index contributed by atoms with van der Waals surface area (Å²) in [5.41, 5.74) is 1.68. The molecule has 7 nitrogen and oxygen atoms in total. The second-order valence-corrected chi connectivity index (χ2v) is 8.78. The molecule has 0 aliphatic carbocycles. The Morgan fingerprint density at radius 1 is 1.18 bits per heavy atom. The molecule has 2 aromatic heterocycles. The van der Waals surface area contributed by atoms with Gasteiger partial charge in [-0.05, 0) is 43.7 Å². The van der Waals surface area contributed by atoms with Gasteiger partial charge < -0.3 is 15.0 Å². The Balaban J connectivity index is 1.68. The molecule has 174 valence electrons. The van der Waals surface area contributed by atoms with Gasteiger partial charge in [0, 0.05) is 43.5 Å². The van der Waals surface area contributed by atoms with Gasteiger partial charge in [-0.15, -0.1) is 0 Å². The largest absolute Gasteiger partial charge is 0.374 e. The minimum Gasteiger partial charge on any atom is -0.374 e. The molecule has 1 fully saturated rings. The third-order valence-electron chi connectivity index (χ3n) is 5.82. The summed E-state index contributed by atoms with van der Waals surface area (Å²) in [6.45, 7) is 5.90. The number of aromatic nitrogens is 3. The summed E-state index contributed by atoms with van der Waals surface area (Å²) in [4.78, 5) is 24.9. The maximum absolute atomic E-state index is 13.4. The summed E-state index contributed by atoms with van der Waals surface area (Å²) in [5, 5.41) is 4.44. The minimum atomic E-state index is -0.158. The average Bonchev–Trinajstić information content (AvgIpc) is 3.21. The molecule has 1 aliphatic rings. The van der Waals surface area contributed by atoms with Gasteiger partial charge in [0.15, 0.2) is 0 Å². The van der Waals surface area contributed by atoms with Crippen LogP contribution in [0.3, 0.4) is 0 Å². The molecule has 1 saturated heterocycles. The van der Waals surface area contributed by atoms with Crippen molar-refractivity contribution in [3.05, 3.63) is 68.7 Å². The maximum Gasteiger partial charge on any atom is 0.277 e. The van der Waals surface area contributed by atoms with E-state index in [2.05, 4.69) is 15.2 Å². The third kappa shape index (κ3) is 4.86. The number of halogens is 2. The fourth-order valence-corrected chi connectivity index (χ4v) is 4.66. The Labute approximate surface area is 203 Å². The molecule has 0 radical (unpaired) electrons. The molecule has 0 unspecified atom stereocenters. The van der Waals surface area contributed by atoms with Crippen molar-refractivity contribution in [2.75, 3.05) is 29.9 Å². The quantitative estimate of drug-likeness (QED) is 0.531. The number of pyridine rings is 1. The Kier molecular flexibility index (Phi) is 7.22. The first kappa shape index (κ1) is 23.5. The smallest absolute Gasteiger partial charge is 0.277 e. The molecule has 1 N–H and O–H groups in total. The van der Waals surface area contributed by atoms with Gasteiger partial charge in [-0.2, -0.15) is 0 Å². The van der Waals surface area contributed by atoms with E-state index < -0.39 is 0 Å². The molecule has 0 saturated carbocycles. The summed E-state index contributed by atoms with van der Waals surface area (Å²) < 4.78 is 7.54. The first-order chi connectivity index (χ1) is 15.9. The zero-order valence-electron chi connectivity index (χ0n) is 18.9. The first-order valence-corrected chi connectivity index (χ1v) is 11.8. The van der Waals surface area contributed by atoms with E-state index in [4.69, 9.17) is 32.9 Å². The van der Waals surface area contributed by atoms with Gasteiger partial charge in [-0.1, -0.05) is 36.2 Å². The predicted molar refractivity (Wildman–Crippen MR) is 134 cm³/mol. The van der Waals surface area contributed by atoms with Crippen molar-refractivity contribution in [1.29, 1.82) is 0 Å². The number of anilines is 2. The zero-order valence-corrected chi connectivity index (χ0v) is 20.4. The summed E-state index contributed by atoms with van der Waals surface area (Å²) in [5.74, 6) is 1.40. The molecule has 1 aliphatic heterocycles. The number of nitrogens with one attached hydrogen (secondary N) is 1. The van der Waals surface area contributed by atoms with Gasteiger partial charge >= 0.3 is 0 Å². The van der Waals surface area contributed by atoms with Crippen LogP contribution in [0.15, 0.2) is 47.4 Å². The lowest BCUT2D eigenvalue weighted by Crippen LogP contribution is -2.38. The number of hydrogen-bond acceptors (Lipinski definition) is 6. The van der Waals surface area contributed by atoms with Crippen LogP contribution in [-0.4, -0.2) is 46.4 Å². The average molecular weight is 488 g/mol. The number of nitrogens with zero attached hydrogens (tertiary/aromatic N) is 4. The number of aryl methyl sites for hydroxylation is 1. The van der Waals surface area contributed by atoms with Gasteiger partial charge in [0.25, 0.3) is 5.56 Å². The van der Waals surface area contributed by atoms with Crippen LogP contribution in [0, 0.1) is 0 Å². The highest BCUT2D eigenvalue weighted by Crippen LogP contribution is 2.30. The lowest BCUT2D eigenvalue weighted by atomic mass is 10.1. The normalized spacial score (nSPS) is 18.0. The van der Waals surface area contributed by atoms with Gasteiger partial charge in [0.2, 0.25) is 0 Å². The van der Waals surface area contributed by atoms with Crippen LogP contribution < -0.4 is 15.8 Å². The van der Waals surface area contributed by atoms with E-state index in [-0.39, 0.29) is 17.7 Å². The molecule has 33 heavy (non-hydrogen) atoms. The summed E-state index contributed by atoms with van der Waals surface area (Å²) in [6.07, 6.45) is 2.28. The molecule has 0 amide bonds. The predicted octanol–water partition coefficient (Wildman–Crippen LogP) is 4.42. The van der Waals surface area contributed by atoms with Crippen molar-refractivity contribution in [3.63, 3.8) is 0 Å². The van der Waals surface area contributed by atoms with Crippen LogP contribution in [0.25, 0.3) is 11.4 Å². The van der Waals surface area contributed by atoms with Crippen LogP contribution in [0.2, 0.25) is 10.0 Å². The standard InChI is InChI=1S/C24H27Cl2N5O2/c1-4-18-22(24(32)30(3)23(29-18)16-10-9-15(25)12-17(16)26)28-19-13-31(14-20(19)33-5-2)21-8-6-7-11-27-21/h6-12,19-20,28H,4-5,13-14H2,1-3H3/t19-,20+/m1/s1. The van der Waals surface area contributed by atoms with E-state index in [0.717, 1.165) is 5.82 Å². The number of rotatable bonds is 7. The van der Waals surface area contributed by atoms with Crippen LogP contribution in [-0.2, 0) is 18.2 Å². The van der Waals surface area contributed by atoms with E-state index in [0.29, 0.717) is 58.9 Å². The Hall–Kier alpha value is -2.61. The lowest BCUT2D eigenvalue weighted by Gasteiger charge is -2.22. The summed E-state index contributed by atoms with van der Waals surface area (Å²) >= 11 is 12.5. The second-order valence-electron chi connectivity index (χ2n) is 7.94. The van der Waals surface area contributed by atoms with Crippen molar-refractivity contribution in [2.45, 2.75) is 32.4 Å². The van der Waals surface area contributed by atoms with E-state index in [1.54, 1.807) is 31.4 Å². The van der Waals surface area contributed by atoms with Gasteiger partial charge in [0.05, 0.1) is 22.9 Å². The molecular formula is C24H27Cl2N5O2. The molecule has 0 spiro atoms.